The number of nitrogens with one attached hydrogen (secondary N) is 1. The van der Waals surface area contributed by atoms with Gasteiger partial charge in [0.25, 0.3) is 0 Å². The molecule has 0 aromatic carbocycles. The van der Waals surface area contributed by atoms with Crippen LogP contribution in [0.1, 0.15) is 52.9 Å². The summed E-state index contributed by atoms with van der Waals surface area (Å²) >= 11 is 0. The van der Waals surface area contributed by atoms with Gasteiger partial charge in [0, 0.05) is 12.6 Å². The second-order valence-corrected chi connectivity index (χ2v) is 5.06. The van der Waals surface area contributed by atoms with Crippen molar-refractivity contribution in [1.29, 1.82) is 0 Å². The Morgan fingerprint density at radius 2 is 1.94 bits per heavy atom. The van der Waals surface area contributed by atoms with Crippen LogP contribution in [0.25, 0.3) is 0 Å². The largest absolute Gasteiger partial charge is 0.370 e. The summed E-state index contributed by atoms with van der Waals surface area (Å²) in [7, 11) is 0. The van der Waals surface area contributed by atoms with Gasteiger partial charge in [0.05, 0.1) is 0 Å². The van der Waals surface area contributed by atoms with Crippen molar-refractivity contribution in [3.05, 3.63) is 0 Å². The minimum Gasteiger partial charge on any atom is -0.370 e. The molecule has 96 valence electrons. The van der Waals surface area contributed by atoms with Crippen LogP contribution in [-0.4, -0.2) is 18.5 Å². The van der Waals surface area contributed by atoms with Gasteiger partial charge in [0.1, 0.15) is 0 Å². The summed E-state index contributed by atoms with van der Waals surface area (Å²) in [6.45, 7) is 7.32. The van der Waals surface area contributed by atoms with Crippen LogP contribution in [0.2, 0.25) is 0 Å². The van der Waals surface area contributed by atoms with E-state index in [-0.39, 0.29) is 24.0 Å². The number of hydrogen-bond donors (Lipinski definition) is 2. The minimum atomic E-state index is 0. The summed E-state index contributed by atoms with van der Waals surface area (Å²) in [5, 5.41) is 3.14. The van der Waals surface area contributed by atoms with Gasteiger partial charge in [-0.3, -0.25) is 4.99 Å². The lowest BCUT2D eigenvalue weighted by atomic mass is 9.84. The molecule has 0 atom stereocenters. The topological polar surface area (TPSA) is 50.4 Å². The van der Waals surface area contributed by atoms with E-state index in [2.05, 4.69) is 31.1 Å². The van der Waals surface area contributed by atoms with Crippen LogP contribution in [0.5, 0.6) is 0 Å². The molecule has 0 radical (unpaired) electrons. The van der Waals surface area contributed by atoms with E-state index >= 15 is 0 Å². The highest BCUT2D eigenvalue weighted by atomic mass is 127. The number of halogens is 1. The number of nitrogens with two attached hydrogens (primary N) is 1. The molecule has 0 bridgehead atoms. The van der Waals surface area contributed by atoms with Gasteiger partial charge in [-0.2, -0.15) is 0 Å². The maximum absolute atomic E-state index is 5.81. The van der Waals surface area contributed by atoms with Gasteiger partial charge in [-0.1, -0.05) is 19.8 Å². The van der Waals surface area contributed by atoms with Gasteiger partial charge in [-0.25, -0.2) is 0 Å². The minimum absolute atomic E-state index is 0. The Labute approximate surface area is 117 Å². The van der Waals surface area contributed by atoms with Crippen molar-refractivity contribution in [2.24, 2.45) is 16.1 Å². The molecule has 1 aliphatic rings. The molecule has 1 rings (SSSR count). The highest BCUT2D eigenvalue weighted by Crippen LogP contribution is 2.40. The van der Waals surface area contributed by atoms with Crippen LogP contribution in [0.4, 0.5) is 0 Å². The molecule has 0 unspecified atom stereocenters. The Morgan fingerprint density at radius 3 is 2.38 bits per heavy atom. The van der Waals surface area contributed by atoms with E-state index in [0.29, 0.717) is 17.4 Å². The Bertz CT molecular complexity index is 220. The molecule has 0 amide bonds. The normalized spacial score (nSPS) is 19.6. The van der Waals surface area contributed by atoms with Crippen LogP contribution in [0, 0.1) is 5.41 Å². The molecule has 3 N–H and O–H groups in total. The van der Waals surface area contributed by atoms with Crippen molar-refractivity contribution in [2.45, 2.75) is 58.9 Å². The molecule has 3 nitrogen and oxygen atoms in total. The molecule has 1 aliphatic carbocycles. The lowest BCUT2D eigenvalue weighted by molar-refractivity contribution is 0.297. The van der Waals surface area contributed by atoms with Gasteiger partial charge in [-0.05, 0) is 38.5 Å². The summed E-state index contributed by atoms with van der Waals surface area (Å²) in [5.74, 6) is 0.602. The number of hydrogen-bond acceptors (Lipinski definition) is 1. The van der Waals surface area contributed by atoms with Gasteiger partial charge in [-0.15, -0.1) is 24.0 Å². The Hall–Kier alpha value is 0. The third kappa shape index (κ3) is 4.89. The summed E-state index contributed by atoms with van der Waals surface area (Å²) in [6, 6.07) is 0.370. The predicted octanol–water partition coefficient (Wildman–Crippen LogP) is 2.89. The van der Waals surface area contributed by atoms with Crippen LogP contribution in [-0.2, 0) is 0 Å². The van der Waals surface area contributed by atoms with Crippen LogP contribution >= 0.6 is 24.0 Å². The first-order valence-corrected chi connectivity index (χ1v) is 6.14. The average Bonchev–Trinajstić information content (AvgIpc) is 2.63. The number of rotatable bonds is 4. The van der Waals surface area contributed by atoms with E-state index in [0.717, 1.165) is 6.54 Å². The van der Waals surface area contributed by atoms with E-state index in [1.807, 2.05) is 0 Å². The molecule has 1 saturated carbocycles. The fourth-order valence-corrected chi connectivity index (χ4v) is 2.34. The van der Waals surface area contributed by atoms with Gasteiger partial charge < -0.3 is 11.1 Å². The smallest absolute Gasteiger partial charge is 0.188 e. The highest BCUT2D eigenvalue weighted by molar-refractivity contribution is 14.0. The number of nitrogens with zero attached hydrogens (tertiary/aromatic N) is 1. The van der Waals surface area contributed by atoms with Crippen molar-refractivity contribution in [3.63, 3.8) is 0 Å². The molecule has 16 heavy (non-hydrogen) atoms. The molecule has 0 saturated heterocycles. The first-order valence-electron chi connectivity index (χ1n) is 6.14. The molecule has 1 fully saturated rings. The Morgan fingerprint density at radius 1 is 1.38 bits per heavy atom. The molecular weight excluding hydrogens is 313 g/mol. The van der Waals surface area contributed by atoms with Crippen molar-refractivity contribution in [1.82, 2.24) is 5.32 Å². The quantitative estimate of drug-likeness (QED) is 0.470. The van der Waals surface area contributed by atoms with E-state index < -0.39 is 0 Å². The first-order chi connectivity index (χ1) is 7.08. The van der Waals surface area contributed by atoms with Crippen LogP contribution in [0.3, 0.4) is 0 Å². The van der Waals surface area contributed by atoms with E-state index in [4.69, 9.17) is 5.73 Å². The van der Waals surface area contributed by atoms with E-state index in [9.17, 15) is 0 Å². The first kappa shape index (κ1) is 16.0. The second kappa shape index (κ2) is 7.35. The zero-order valence-corrected chi connectivity index (χ0v) is 13.1. The maximum Gasteiger partial charge on any atom is 0.188 e. The summed E-state index contributed by atoms with van der Waals surface area (Å²) < 4.78 is 0. The number of guanidine groups is 1. The Balaban J connectivity index is 0.00000225. The fourth-order valence-electron chi connectivity index (χ4n) is 2.34. The second-order valence-electron chi connectivity index (χ2n) is 5.06. The van der Waals surface area contributed by atoms with Crippen molar-refractivity contribution >= 4 is 29.9 Å². The molecule has 0 spiro atoms. The van der Waals surface area contributed by atoms with E-state index in [1.165, 1.54) is 32.1 Å². The molecular formula is C12H26IN3. The standard InChI is InChI=1S/C12H25N3.HI/c1-4-12(7-5-6-8-12)9-14-11(13)15-10(2)3;/h10H,4-9H2,1-3H3,(H3,13,14,15);1H. The zero-order valence-electron chi connectivity index (χ0n) is 10.8. The van der Waals surface area contributed by atoms with Gasteiger partial charge >= 0.3 is 0 Å². The molecule has 0 heterocycles. The van der Waals surface area contributed by atoms with Crippen molar-refractivity contribution < 1.29 is 0 Å². The van der Waals surface area contributed by atoms with Crippen LogP contribution in [0.15, 0.2) is 4.99 Å². The fraction of sp³-hybridized carbons (Fsp3) is 0.917. The molecule has 0 aromatic heterocycles. The van der Waals surface area contributed by atoms with Gasteiger partial charge in [0.15, 0.2) is 5.96 Å². The third-order valence-corrected chi connectivity index (χ3v) is 3.44. The van der Waals surface area contributed by atoms with E-state index in [1.54, 1.807) is 0 Å². The average molecular weight is 339 g/mol. The Kier molecular flexibility index (Phi) is 7.35. The lowest BCUT2D eigenvalue weighted by Crippen LogP contribution is -2.37. The third-order valence-electron chi connectivity index (χ3n) is 3.44. The SMILES string of the molecule is CCC1(CN=C(N)NC(C)C)CCCC1.I. The molecule has 4 heteroatoms. The zero-order chi connectivity index (χ0) is 11.3. The predicted molar refractivity (Wildman–Crippen MR) is 81.4 cm³/mol. The lowest BCUT2D eigenvalue weighted by Gasteiger charge is -2.25. The summed E-state index contributed by atoms with van der Waals surface area (Å²) in [5.41, 5.74) is 6.25. The molecule has 0 aromatic rings. The van der Waals surface area contributed by atoms with Crippen molar-refractivity contribution in [2.75, 3.05) is 6.54 Å². The molecule has 0 aliphatic heterocycles. The summed E-state index contributed by atoms with van der Waals surface area (Å²) in [6.07, 6.45) is 6.59. The van der Waals surface area contributed by atoms with Crippen molar-refractivity contribution in [3.8, 4) is 0 Å². The highest BCUT2D eigenvalue weighted by Gasteiger charge is 2.31. The number of aliphatic imine (C=N–C) groups is 1. The van der Waals surface area contributed by atoms with Crippen LogP contribution < -0.4 is 11.1 Å². The maximum atomic E-state index is 5.81. The van der Waals surface area contributed by atoms with Gasteiger partial charge in [0.2, 0.25) is 0 Å². The monoisotopic (exact) mass is 339 g/mol. The summed E-state index contributed by atoms with van der Waals surface area (Å²) in [4.78, 5) is 4.47.